The topological polar surface area (TPSA) is 47.6 Å². The Balaban J connectivity index is 1.62. The second-order valence-corrected chi connectivity index (χ2v) is 21.9. The summed E-state index contributed by atoms with van der Waals surface area (Å²) in [6, 6.07) is 38.8. The molecule has 6 heteroatoms. The standard InChI is InChI=1S/C47H56NO3PS/c1-44(2,3)37-29-31(30-38(42(37)50-12)45(4,5)6)40(48-53(49)46(7,8)9)34-25-19-26-35-41(34)51-43-36(47(35,10)11)27-20-28-39(43)52(32-21-15-13-16-22-32)33-23-17-14-18-24-33/h13-30,40,48H,1-12H3/t40-,53-/m1/s1. The molecular weight excluding hydrogens is 690 g/mol. The molecule has 2 atom stereocenters. The molecule has 6 rings (SSSR count). The molecule has 0 aliphatic carbocycles. The molecule has 0 saturated carbocycles. The summed E-state index contributed by atoms with van der Waals surface area (Å²) in [5.74, 6) is 2.64. The number of para-hydroxylation sites is 2. The molecule has 53 heavy (non-hydrogen) atoms. The molecule has 0 radical (unpaired) electrons. The van der Waals surface area contributed by atoms with Gasteiger partial charge in [0, 0.05) is 38.5 Å². The van der Waals surface area contributed by atoms with Crippen molar-refractivity contribution in [3.8, 4) is 17.2 Å². The molecule has 1 N–H and O–H groups in total. The van der Waals surface area contributed by atoms with Crippen LogP contribution in [0.3, 0.4) is 0 Å². The molecule has 0 aromatic heterocycles. The van der Waals surface area contributed by atoms with E-state index in [9.17, 15) is 4.21 Å². The van der Waals surface area contributed by atoms with Crippen molar-refractivity contribution in [3.05, 3.63) is 143 Å². The van der Waals surface area contributed by atoms with Crippen LogP contribution in [0.15, 0.2) is 109 Å². The molecule has 1 aliphatic heterocycles. The van der Waals surface area contributed by atoms with Crippen molar-refractivity contribution in [1.82, 2.24) is 4.72 Å². The van der Waals surface area contributed by atoms with Crippen LogP contribution in [0.2, 0.25) is 0 Å². The Hall–Kier alpha value is -3.76. The van der Waals surface area contributed by atoms with E-state index in [1.165, 1.54) is 15.9 Å². The summed E-state index contributed by atoms with van der Waals surface area (Å²) < 4.78 is 30.9. The fraction of sp³-hybridized carbons (Fsp3) is 0.362. The lowest BCUT2D eigenvalue weighted by Crippen LogP contribution is -2.37. The van der Waals surface area contributed by atoms with Gasteiger partial charge in [-0.25, -0.2) is 8.93 Å². The molecule has 0 spiro atoms. The van der Waals surface area contributed by atoms with Crippen LogP contribution in [-0.2, 0) is 27.2 Å². The molecule has 0 fully saturated rings. The summed E-state index contributed by atoms with van der Waals surface area (Å²) in [5, 5.41) is 3.72. The fourth-order valence-corrected chi connectivity index (χ4v) is 10.5. The van der Waals surface area contributed by atoms with Gasteiger partial charge in [0.2, 0.25) is 0 Å². The van der Waals surface area contributed by atoms with E-state index in [4.69, 9.17) is 9.47 Å². The molecule has 5 aromatic rings. The van der Waals surface area contributed by atoms with E-state index in [1.807, 2.05) is 20.8 Å². The number of rotatable bonds is 8. The minimum atomic E-state index is -1.39. The number of hydrogen-bond acceptors (Lipinski definition) is 3. The average Bonchev–Trinajstić information content (AvgIpc) is 3.10. The maximum atomic E-state index is 14.2. The Morgan fingerprint density at radius 3 is 1.64 bits per heavy atom. The minimum absolute atomic E-state index is 0.205. The Kier molecular flexibility index (Phi) is 10.6. The lowest BCUT2D eigenvalue weighted by Gasteiger charge is -2.39. The highest BCUT2D eigenvalue weighted by molar-refractivity contribution is 7.84. The van der Waals surface area contributed by atoms with Gasteiger partial charge in [-0.3, -0.25) is 0 Å². The highest BCUT2D eigenvalue weighted by atomic mass is 32.2. The fourth-order valence-electron chi connectivity index (χ4n) is 7.26. The Bertz CT molecular complexity index is 2050. The van der Waals surface area contributed by atoms with E-state index in [1.54, 1.807) is 7.11 Å². The largest absolute Gasteiger partial charge is 0.496 e. The van der Waals surface area contributed by atoms with Crippen molar-refractivity contribution in [3.63, 3.8) is 0 Å². The summed E-state index contributed by atoms with van der Waals surface area (Å²) in [6.45, 7) is 24.0. The number of ether oxygens (including phenoxy) is 2. The van der Waals surface area contributed by atoms with Crippen molar-refractivity contribution in [2.75, 3.05) is 7.11 Å². The van der Waals surface area contributed by atoms with Crippen LogP contribution in [0.25, 0.3) is 0 Å². The third-order valence-corrected chi connectivity index (χ3v) is 14.2. The Morgan fingerprint density at radius 2 is 1.17 bits per heavy atom. The molecule has 1 heterocycles. The zero-order chi connectivity index (χ0) is 38.5. The second kappa shape index (κ2) is 14.5. The molecular formula is C47H56NO3PS. The van der Waals surface area contributed by atoms with Crippen LogP contribution in [0.4, 0.5) is 0 Å². The lowest BCUT2D eigenvalue weighted by atomic mass is 9.74. The van der Waals surface area contributed by atoms with Gasteiger partial charge in [-0.1, -0.05) is 152 Å². The zero-order valence-corrected chi connectivity index (χ0v) is 35.3. The van der Waals surface area contributed by atoms with Gasteiger partial charge in [-0.15, -0.1) is 0 Å². The van der Waals surface area contributed by atoms with Gasteiger partial charge < -0.3 is 9.47 Å². The zero-order valence-electron chi connectivity index (χ0n) is 33.5. The van der Waals surface area contributed by atoms with E-state index in [-0.39, 0.29) is 16.2 Å². The number of benzene rings is 5. The van der Waals surface area contributed by atoms with Crippen molar-refractivity contribution in [2.45, 2.75) is 103 Å². The summed E-state index contributed by atoms with van der Waals surface area (Å²) in [6.07, 6.45) is 0. The Labute approximate surface area is 322 Å². The van der Waals surface area contributed by atoms with E-state index >= 15 is 0 Å². The number of nitrogens with one attached hydrogen (secondary N) is 1. The van der Waals surface area contributed by atoms with E-state index in [0.29, 0.717) is 0 Å². The quantitative estimate of drug-likeness (QED) is 0.161. The highest BCUT2D eigenvalue weighted by Crippen LogP contribution is 2.53. The first-order chi connectivity index (χ1) is 24.8. The van der Waals surface area contributed by atoms with Crippen LogP contribution in [0.1, 0.15) is 116 Å². The van der Waals surface area contributed by atoms with Crippen LogP contribution in [0.5, 0.6) is 17.2 Å². The third-order valence-electron chi connectivity index (χ3n) is 10.2. The minimum Gasteiger partial charge on any atom is -0.496 e. The van der Waals surface area contributed by atoms with Crippen molar-refractivity contribution in [2.24, 2.45) is 0 Å². The molecule has 0 amide bonds. The molecule has 0 unspecified atom stereocenters. The molecule has 1 aliphatic rings. The molecule has 0 bridgehead atoms. The SMILES string of the molecule is COc1c(C(C)(C)C)cc([C@@H](N[S@](=O)C(C)(C)C)c2cccc3c2Oc2c(P(c4ccccc4)c4ccccc4)cccc2C3(C)C)cc1C(C)(C)C. The van der Waals surface area contributed by atoms with Crippen LogP contribution in [0, 0.1) is 0 Å². The van der Waals surface area contributed by atoms with Crippen LogP contribution < -0.4 is 30.1 Å². The smallest absolute Gasteiger partial charge is 0.139 e. The number of methoxy groups -OCH3 is 1. The van der Waals surface area contributed by atoms with Crippen molar-refractivity contribution >= 4 is 34.8 Å². The summed E-state index contributed by atoms with van der Waals surface area (Å²) in [4.78, 5) is 0. The molecule has 5 aromatic carbocycles. The summed E-state index contributed by atoms with van der Waals surface area (Å²) in [5.41, 5.74) is 5.72. The predicted molar refractivity (Wildman–Crippen MR) is 227 cm³/mol. The van der Waals surface area contributed by atoms with Gasteiger partial charge in [0.25, 0.3) is 0 Å². The number of fused-ring (bicyclic) bond motifs is 2. The van der Waals surface area contributed by atoms with Crippen LogP contribution >= 0.6 is 7.92 Å². The van der Waals surface area contributed by atoms with Gasteiger partial charge >= 0.3 is 0 Å². The average molecular weight is 746 g/mol. The van der Waals surface area contributed by atoms with Gasteiger partial charge in [0.1, 0.15) is 17.2 Å². The predicted octanol–water partition coefficient (Wildman–Crippen LogP) is 10.6. The lowest BCUT2D eigenvalue weighted by molar-refractivity contribution is 0.381. The van der Waals surface area contributed by atoms with E-state index < -0.39 is 29.7 Å². The monoisotopic (exact) mass is 745 g/mol. The van der Waals surface area contributed by atoms with Crippen molar-refractivity contribution in [1.29, 1.82) is 0 Å². The molecule has 278 valence electrons. The summed E-state index contributed by atoms with van der Waals surface area (Å²) >= 11 is 0. The first-order valence-corrected chi connectivity index (χ1v) is 21.1. The summed E-state index contributed by atoms with van der Waals surface area (Å²) in [7, 11) is -0.559. The normalized spacial score (nSPS) is 15.3. The number of hydrogen-bond donors (Lipinski definition) is 1. The molecule has 4 nitrogen and oxygen atoms in total. The highest BCUT2D eigenvalue weighted by Gasteiger charge is 2.40. The second-order valence-electron chi connectivity index (χ2n) is 17.7. The van der Waals surface area contributed by atoms with Crippen molar-refractivity contribution < 1.29 is 13.7 Å². The van der Waals surface area contributed by atoms with Gasteiger partial charge in [0.15, 0.2) is 0 Å². The van der Waals surface area contributed by atoms with Crippen LogP contribution in [-0.4, -0.2) is 16.1 Å². The van der Waals surface area contributed by atoms with E-state index in [2.05, 4.69) is 169 Å². The van der Waals surface area contributed by atoms with Gasteiger partial charge in [-0.2, -0.15) is 0 Å². The maximum absolute atomic E-state index is 14.2. The van der Waals surface area contributed by atoms with E-state index in [0.717, 1.165) is 50.6 Å². The first-order valence-electron chi connectivity index (χ1n) is 18.6. The van der Waals surface area contributed by atoms with Gasteiger partial charge in [-0.05, 0) is 67.8 Å². The first kappa shape index (κ1) is 38.9. The maximum Gasteiger partial charge on any atom is 0.139 e. The molecule has 0 saturated heterocycles. The van der Waals surface area contributed by atoms with Gasteiger partial charge in [0.05, 0.1) is 28.9 Å². The Morgan fingerprint density at radius 1 is 0.679 bits per heavy atom. The third kappa shape index (κ3) is 7.63.